The molecule has 0 saturated heterocycles. The lowest BCUT2D eigenvalue weighted by Gasteiger charge is -2.30. The van der Waals surface area contributed by atoms with E-state index in [4.69, 9.17) is 27.6 Å². The van der Waals surface area contributed by atoms with Crippen LogP contribution in [0.3, 0.4) is 0 Å². The summed E-state index contributed by atoms with van der Waals surface area (Å²) in [5.41, 5.74) is 3.13. The first-order valence-electron chi connectivity index (χ1n) is 12.9. The van der Waals surface area contributed by atoms with Crippen molar-refractivity contribution in [2.24, 2.45) is 0 Å². The summed E-state index contributed by atoms with van der Waals surface area (Å²) in [5, 5.41) is 13.5. The Hall–Kier alpha value is -3.66. The smallest absolute Gasteiger partial charge is 0.326 e. The number of rotatable bonds is 7. The predicted octanol–water partition coefficient (Wildman–Crippen LogP) is 5.00. The van der Waals surface area contributed by atoms with Crippen LogP contribution in [0.25, 0.3) is 11.0 Å². The van der Waals surface area contributed by atoms with Crippen LogP contribution in [0.4, 0.5) is 0 Å². The number of halogens is 2. The van der Waals surface area contributed by atoms with Crippen LogP contribution in [0.5, 0.6) is 0 Å². The van der Waals surface area contributed by atoms with Crippen molar-refractivity contribution in [1.29, 1.82) is 0 Å². The summed E-state index contributed by atoms with van der Waals surface area (Å²) in [4.78, 5) is 40.9. The van der Waals surface area contributed by atoms with Crippen molar-refractivity contribution >= 4 is 61.9 Å². The Balaban J connectivity index is 1.34. The fourth-order valence-electron chi connectivity index (χ4n) is 4.99. The first-order valence-corrected chi connectivity index (χ1v) is 16.2. The van der Waals surface area contributed by atoms with Gasteiger partial charge in [0.1, 0.15) is 11.6 Å². The summed E-state index contributed by atoms with van der Waals surface area (Å²) in [7, 11) is -2.55. The van der Waals surface area contributed by atoms with Gasteiger partial charge in [0.2, 0.25) is 0 Å². The normalized spacial score (nSPS) is 14.4. The van der Waals surface area contributed by atoms with Crippen LogP contribution in [0, 0.1) is 0 Å². The molecule has 2 amide bonds. The summed E-state index contributed by atoms with van der Waals surface area (Å²) >= 11 is 13.2. The number of nitrogens with one attached hydrogen (secondary N) is 1. The second kappa shape index (κ2) is 11.3. The molecule has 2 heterocycles. The van der Waals surface area contributed by atoms with Gasteiger partial charge >= 0.3 is 5.97 Å². The highest BCUT2D eigenvalue weighted by molar-refractivity contribution is 8.01. The van der Waals surface area contributed by atoms with Crippen LogP contribution < -0.4 is 5.32 Å². The summed E-state index contributed by atoms with van der Waals surface area (Å²) < 4.78 is 17.9. The first kappa shape index (κ1) is 28.9. The molecule has 5 rings (SSSR count). The Labute approximate surface area is 247 Å². The highest BCUT2D eigenvalue weighted by Gasteiger charge is 2.30. The molecule has 3 aromatic carbocycles. The average molecular weight is 616 g/mol. The number of fused-ring (bicyclic) bond motifs is 2. The summed E-state index contributed by atoms with van der Waals surface area (Å²) in [6.07, 6.45) is 5.22. The monoisotopic (exact) mass is 614 g/mol. The van der Waals surface area contributed by atoms with Crippen molar-refractivity contribution in [3.8, 4) is 0 Å². The molecule has 0 spiro atoms. The Kier molecular flexibility index (Phi) is 7.96. The van der Waals surface area contributed by atoms with Gasteiger partial charge < -0.3 is 19.7 Å². The number of hydrogen-bond acceptors (Lipinski definition) is 5. The van der Waals surface area contributed by atoms with E-state index in [0.717, 1.165) is 5.39 Å². The minimum atomic E-state index is -2.55. The van der Waals surface area contributed by atoms with Crippen LogP contribution in [0.15, 0.2) is 70.2 Å². The maximum absolute atomic E-state index is 13.3. The number of carbonyl (C=O) groups excluding carboxylic acids is 2. The highest BCUT2D eigenvalue weighted by atomic mass is 35.5. The summed E-state index contributed by atoms with van der Waals surface area (Å²) in [5.74, 6) is -2.11. The molecule has 0 bridgehead atoms. The molecular weight excluding hydrogens is 587 g/mol. The van der Waals surface area contributed by atoms with Gasteiger partial charge in [0.15, 0.2) is 0 Å². The zero-order valence-corrected chi connectivity index (χ0v) is 24.7. The van der Waals surface area contributed by atoms with Gasteiger partial charge in [-0.25, -0.2) is 4.79 Å². The lowest BCUT2D eigenvalue weighted by Crippen LogP contribution is -2.42. The van der Waals surface area contributed by atoms with E-state index >= 15 is 0 Å². The van der Waals surface area contributed by atoms with E-state index in [-0.39, 0.29) is 34.5 Å². The standard InChI is InChI=1S/C30H28Cl2N2O6S/c1-41(2,39)21-5-3-4-17(12-21)13-24(30(37)38)33-28(35)26-23(31)14-20-16-34(10-8-22(20)27(26)32)29(36)19-7-6-18-9-11-40-25(18)15-19/h3-7,9,11-12,14-15,24,41H,8,10,13,16H2,1-2H3,(H,33,35)(H,37,38)/t24-/m0/s1. The van der Waals surface area contributed by atoms with Gasteiger partial charge in [0.05, 0.1) is 21.9 Å². The minimum Gasteiger partial charge on any atom is -0.480 e. The van der Waals surface area contributed by atoms with E-state index < -0.39 is 27.9 Å². The molecule has 0 unspecified atom stereocenters. The summed E-state index contributed by atoms with van der Waals surface area (Å²) in [6, 6.07) is 14.3. The Morgan fingerprint density at radius 3 is 2.61 bits per heavy atom. The van der Waals surface area contributed by atoms with Gasteiger partial charge in [-0.2, -0.15) is 0 Å². The number of thiol groups is 1. The number of amides is 2. The van der Waals surface area contributed by atoms with Gasteiger partial charge in [-0.05, 0) is 72.0 Å². The van der Waals surface area contributed by atoms with Crippen molar-refractivity contribution in [3.05, 3.63) is 98.7 Å². The number of carboxylic acid groups (broad SMARTS) is 1. The number of benzene rings is 3. The average Bonchev–Trinajstić information content (AvgIpc) is 3.39. The third-order valence-corrected chi connectivity index (χ3v) is 9.43. The van der Waals surface area contributed by atoms with Gasteiger partial charge in [-0.1, -0.05) is 51.3 Å². The number of furan rings is 1. The molecule has 0 fully saturated rings. The Bertz CT molecular complexity index is 1740. The number of carbonyl (C=O) groups is 3. The Morgan fingerprint density at radius 1 is 1.10 bits per heavy atom. The van der Waals surface area contributed by atoms with E-state index in [2.05, 4.69) is 5.32 Å². The fourth-order valence-corrected chi connectivity index (χ4v) is 6.67. The topological polar surface area (TPSA) is 117 Å². The van der Waals surface area contributed by atoms with E-state index in [0.29, 0.717) is 45.7 Å². The molecule has 1 aliphatic rings. The molecule has 11 heteroatoms. The zero-order chi connectivity index (χ0) is 29.5. The van der Waals surface area contributed by atoms with Crippen molar-refractivity contribution in [2.75, 3.05) is 19.1 Å². The van der Waals surface area contributed by atoms with Crippen LogP contribution in [0.2, 0.25) is 10.0 Å². The molecule has 41 heavy (non-hydrogen) atoms. The maximum atomic E-state index is 13.3. The first-order chi connectivity index (χ1) is 19.4. The molecule has 8 nitrogen and oxygen atoms in total. The van der Waals surface area contributed by atoms with Gasteiger partial charge in [0.25, 0.3) is 11.8 Å². The lowest BCUT2D eigenvalue weighted by atomic mass is 9.95. The molecule has 214 valence electrons. The number of aliphatic carboxylic acids is 1. The second-order valence-electron chi connectivity index (χ2n) is 10.4. The quantitative estimate of drug-likeness (QED) is 0.252. The third-order valence-electron chi connectivity index (χ3n) is 7.20. The van der Waals surface area contributed by atoms with E-state index in [1.165, 1.54) is 0 Å². The van der Waals surface area contributed by atoms with Crippen LogP contribution in [-0.2, 0) is 34.1 Å². The van der Waals surface area contributed by atoms with E-state index in [1.807, 2.05) is 12.1 Å². The molecule has 0 saturated carbocycles. The summed E-state index contributed by atoms with van der Waals surface area (Å²) in [6.45, 7) is 0.621. The van der Waals surface area contributed by atoms with Crippen LogP contribution in [-0.4, -0.2) is 57.1 Å². The minimum absolute atomic E-state index is 0.0123. The molecule has 1 aliphatic heterocycles. The van der Waals surface area contributed by atoms with E-state index in [9.17, 15) is 23.7 Å². The molecule has 2 N–H and O–H groups in total. The van der Waals surface area contributed by atoms with Crippen molar-refractivity contribution in [1.82, 2.24) is 10.2 Å². The second-order valence-corrected chi connectivity index (χ2v) is 14.4. The third kappa shape index (κ3) is 6.02. The molecule has 1 atom stereocenters. The van der Waals surface area contributed by atoms with Gasteiger partial charge in [-0.3, -0.25) is 13.8 Å². The fraction of sp³-hybridized carbons (Fsp3) is 0.233. The number of nitrogens with zero attached hydrogens (tertiary/aromatic N) is 1. The SMILES string of the molecule is C[SH](C)(=O)c1cccc(C[C@H](NC(=O)c2c(Cl)cc3c(c2Cl)CCN(C(=O)c2ccc4ccoc4c2)C3)C(=O)O)c1. The zero-order valence-electron chi connectivity index (χ0n) is 22.3. The maximum Gasteiger partial charge on any atom is 0.326 e. The van der Waals surface area contributed by atoms with Crippen molar-refractivity contribution in [2.45, 2.75) is 30.3 Å². The van der Waals surface area contributed by atoms with E-state index in [1.54, 1.807) is 66.1 Å². The molecule has 0 radical (unpaired) electrons. The molecule has 4 aromatic rings. The van der Waals surface area contributed by atoms with Crippen molar-refractivity contribution in [3.63, 3.8) is 0 Å². The van der Waals surface area contributed by atoms with Crippen LogP contribution in [0.1, 0.15) is 37.4 Å². The highest BCUT2D eigenvalue weighted by Crippen LogP contribution is 2.35. The van der Waals surface area contributed by atoms with Crippen LogP contribution >= 0.6 is 23.2 Å². The van der Waals surface area contributed by atoms with Gasteiger partial charge in [-0.15, -0.1) is 0 Å². The molecular formula is C30H28Cl2N2O6S. The number of hydrogen-bond donors (Lipinski definition) is 3. The Morgan fingerprint density at radius 2 is 1.88 bits per heavy atom. The molecule has 0 aliphatic carbocycles. The lowest BCUT2D eigenvalue weighted by molar-refractivity contribution is -0.139. The van der Waals surface area contributed by atoms with Crippen molar-refractivity contribution < 1.29 is 28.1 Å². The predicted molar refractivity (Wildman–Crippen MR) is 160 cm³/mol. The molecule has 1 aromatic heterocycles. The largest absolute Gasteiger partial charge is 0.480 e. The van der Waals surface area contributed by atoms with Gasteiger partial charge in [0, 0.05) is 35.4 Å². The number of carboxylic acids is 1.